The molecule has 12 aromatic carbocycles. The normalized spacial score (nSPS) is 12.6. The van der Waals surface area contributed by atoms with Crippen LogP contribution in [0.25, 0.3) is 82.4 Å². The summed E-state index contributed by atoms with van der Waals surface area (Å²) in [5, 5.41) is 7.43. The standard InChI is InChI=1S/C69H46N2/c1-4-18-47(19-5-1)57-30-16-21-50-22-17-31-58(67(50)57)49-34-39-54(40-35-49)70(56-43-45-65-62(46-56)68-59-27-11-10-20-48(59)36-44-66(68)71(65)53-25-8-3-9-26-53)55-41-37-52(38-42-55)69(51-23-6-2-7-24-51)63-32-14-12-28-60(63)61-29-13-15-33-64(61)69/h1-46H. The van der Waals surface area contributed by atoms with E-state index in [1.54, 1.807) is 0 Å². The van der Waals surface area contributed by atoms with Gasteiger partial charge in [-0.2, -0.15) is 0 Å². The highest BCUT2D eigenvalue weighted by molar-refractivity contribution is 6.22. The highest BCUT2D eigenvalue weighted by Gasteiger charge is 2.45. The van der Waals surface area contributed by atoms with Crippen molar-refractivity contribution in [1.82, 2.24) is 4.57 Å². The van der Waals surface area contributed by atoms with Crippen molar-refractivity contribution in [3.8, 4) is 39.1 Å². The van der Waals surface area contributed by atoms with Crippen molar-refractivity contribution in [2.24, 2.45) is 0 Å². The first-order valence-corrected chi connectivity index (χ1v) is 24.6. The summed E-state index contributed by atoms with van der Waals surface area (Å²) in [5.41, 5.74) is 18.8. The van der Waals surface area contributed by atoms with Crippen molar-refractivity contribution in [3.05, 3.63) is 301 Å². The quantitative estimate of drug-likeness (QED) is 0.147. The van der Waals surface area contributed by atoms with Crippen LogP contribution in [0.3, 0.4) is 0 Å². The first-order valence-electron chi connectivity index (χ1n) is 24.6. The molecule has 2 heteroatoms. The number of fused-ring (bicyclic) bond motifs is 9. The Balaban J connectivity index is 0.978. The Kier molecular flexibility index (Phi) is 9.47. The van der Waals surface area contributed by atoms with E-state index in [-0.39, 0.29) is 0 Å². The Morgan fingerprint density at radius 1 is 0.296 bits per heavy atom. The maximum Gasteiger partial charge on any atom is 0.0713 e. The largest absolute Gasteiger partial charge is 0.310 e. The maximum atomic E-state index is 2.44. The van der Waals surface area contributed by atoms with Crippen LogP contribution < -0.4 is 4.90 Å². The van der Waals surface area contributed by atoms with Gasteiger partial charge in [0.25, 0.3) is 0 Å². The number of nitrogens with zero attached hydrogens (tertiary/aromatic N) is 2. The van der Waals surface area contributed by atoms with E-state index in [1.807, 2.05) is 0 Å². The summed E-state index contributed by atoms with van der Waals surface area (Å²) < 4.78 is 2.42. The van der Waals surface area contributed by atoms with E-state index in [0.717, 1.165) is 22.7 Å². The van der Waals surface area contributed by atoms with Gasteiger partial charge in [0.1, 0.15) is 0 Å². The first kappa shape index (κ1) is 40.8. The zero-order valence-electron chi connectivity index (χ0n) is 39.0. The van der Waals surface area contributed by atoms with Crippen LogP contribution in [0.5, 0.6) is 0 Å². The molecule has 2 nitrogen and oxygen atoms in total. The molecule has 0 saturated heterocycles. The second-order valence-electron chi connectivity index (χ2n) is 18.8. The molecule has 1 aromatic heterocycles. The fourth-order valence-corrected chi connectivity index (χ4v) is 12.0. The Labute approximate surface area is 413 Å². The summed E-state index contributed by atoms with van der Waals surface area (Å²) in [4.78, 5) is 2.44. The van der Waals surface area contributed by atoms with E-state index in [1.165, 1.54) is 99.0 Å². The number of benzene rings is 12. The van der Waals surface area contributed by atoms with Gasteiger partial charge in [0, 0.05) is 33.5 Å². The van der Waals surface area contributed by atoms with Crippen LogP contribution in [0, 0.1) is 0 Å². The third kappa shape index (κ3) is 6.35. The highest BCUT2D eigenvalue weighted by Crippen LogP contribution is 2.56. The molecule has 0 atom stereocenters. The van der Waals surface area contributed by atoms with Crippen molar-refractivity contribution >= 4 is 60.4 Å². The summed E-state index contributed by atoms with van der Waals surface area (Å²) in [5.74, 6) is 0. The smallest absolute Gasteiger partial charge is 0.0713 e. The Morgan fingerprint density at radius 2 is 0.789 bits per heavy atom. The molecule has 1 heterocycles. The van der Waals surface area contributed by atoms with Crippen LogP contribution >= 0.6 is 0 Å². The predicted octanol–water partition coefficient (Wildman–Crippen LogP) is 18.3. The molecule has 0 N–H and O–H groups in total. The van der Waals surface area contributed by atoms with Crippen LogP contribution in [-0.4, -0.2) is 4.57 Å². The summed E-state index contributed by atoms with van der Waals surface area (Å²) in [7, 11) is 0. The molecule has 0 unspecified atom stereocenters. The van der Waals surface area contributed by atoms with E-state index in [0.29, 0.717) is 0 Å². The number of hydrogen-bond acceptors (Lipinski definition) is 1. The van der Waals surface area contributed by atoms with Gasteiger partial charge >= 0.3 is 0 Å². The lowest BCUT2D eigenvalue weighted by atomic mass is 9.68. The number of aromatic nitrogens is 1. The zero-order chi connectivity index (χ0) is 46.9. The van der Waals surface area contributed by atoms with Gasteiger partial charge in [-0.25, -0.2) is 0 Å². The van der Waals surface area contributed by atoms with Crippen LogP contribution in [0.2, 0.25) is 0 Å². The van der Waals surface area contributed by atoms with E-state index in [2.05, 4.69) is 289 Å². The van der Waals surface area contributed by atoms with Gasteiger partial charge in [-0.1, -0.05) is 218 Å². The minimum absolute atomic E-state index is 0.490. The summed E-state index contributed by atoms with van der Waals surface area (Å²) in [6.45, 7) is 0. The van der Waals surface area contributed by atoms with E-state index >= 15 is 0 Å². The third-order valence-electron chi connectivity index (χ3n) is 15.1. The monoisotopic (exact) mass is 902 g/mol. The highest BCUT2D eigenvalue weighted by atomic mass is 15.1. The van der Waals surface area contributed by atoms with E-state index < -0.39 is 5.41 Å². The molecule has 0 spiro atoms. The molecular formula is C69H46N2. The Morgan fingerprint density at radius 3 is 1.46 bits per heavy atom. The number of anilines is 3. The molecule has 332 valence electrons. The zero-order valence-corrected chi connectivity index (χ0v) is 39.0. The molecule has 71 heavy (non-hydrogen) atoms. The first-order chi connectivity index (χ1) is 35.2. The summed E-state index contributed by atoms with van der Waals surface area (Å²) in [6.07, 6.45) is 0. The maximum absolute atomic E-state index is 2.44. The lowest BCUT2D eigenvalue weighted by molar-refractivity contribution is 0.768. The molecule has 0 aliphatic heterocycles. The lowest BCUT2D eigenvalue weighted by Crippen LogP contribution is -2.28. The molecule has 14 rings (SSSR count). The van der Waals surface area contributed by atoms with Crippen LogP contribution in [0.1, 0.15) is 22.3 Å². The van der Waals surface area contributed by atoms with Crippen LogP contribution in [0.4, 0.5) is 17.1 Å². The van der Waals surface area contributed by atoms with E-state index in [9.17, 15) is 0 Å². The lowest BCUT2D eigenvalue weighted by Gasteiger charge is -2.34. The molecule has 0 fully saturated rings. The third-order valence-corrected chi connectivity index (χ3v) is 15.1. The fourth-order valence-electron chi connectivity index (χ4n) is 12.0. The van der Waals surface area contributed by atoms with Gasteiger partial charge < -0.3 is 9.47 Å². The molecular weight excluding hydrogens is 857 g/mol. The van der Waals surface area contributed by atoms with Crippen molar-refractivity contribution in [3.63, 3.8) is 0 Å². The van der Waals surface area contributed by atoms with Crippen molar-refractivity contribution < 1.29 is 0 Å². The molecule has 1 aliphatic carbocycles. The van der Waals surface area contributed by atoms with E-state index in [4.69, 9.17) is 0 Å². The van der Waals surface area contributed by atoms with Crippen molar-refractivity contribution in [1.29, 1.82) is 0 Å². The fraction of sp³-hybridized carbons (Fsp3) is 0.0145. The average Bonchev–Trinajstić information content (AvgIpc) is 3.95. The van der Waals surface area contributed by atoms with Gasteiger partial charge in [0.2, 0.25) is 0 Å². The van der Waals surface area contributed by atoms with Crippen molar-refractivity contribution in [2.75, 3.05) is 4.90 Å². The van der Waals surface area contributed by atoms with Gasteiger partial charge in [-0.15, -0.1) is 0 Å². The topological polar surface area (TPSA) is 8.17 Å². The molecule has 0 amide bonds. The van der Waals surface area contributed by atoms with Crippen LogP contribution in [0.15, 0.2) is 279 Å². The van der Waals surface area contributed by atoms with Crippen LogP contribution in [-0.2, 0) is 5.41 Å². The minimum atomic E-state index is -0.490. The Hall–Kier alpha value is -9.24. The molecule has 0 bridgehead atoms. The number of hydrogen-bond donors (Lipinski definition) is 0. The van der Waals surface area contributed by atoms with Crippen molar-refractivity contribution in [2.45, 2.75) is 5.41 Å². The van der Waals surface area contributed by atoms with Gasteiger partial charge in [-0.05, 0) is 138 Å². The average molecular weight is 903 g/mol. The minimum Gasteiger partial charge on any atom is -0.310 e. The number of para-hydroxylation sites is 1. The second kappa shape index (κ2) is 16.5. The molecule has 0 saturated carbocycles. The SMILES string of the molecule is c1ccc(-c2cccc3cccc(-c4ccc(N(c5ccc(C6(c7ccccc7)c7ccccc7-c7ccccc76)cc5)c5ccc6c(c5)c5c7ccccc7ccc5n6-c5ccccc5)cc4)c23)cc1. The predicted molar refractivity (Wildman–Crippen MR) is 299 cm³/mol. The number of rotatable bonds is 8. The van der Waals surface area contributed by atoms with Gasteiger partial charge in [0.05, 0.1) is 16.4 Å². The molecule has 13 aromatic rings. The molecule has 0 radical (unpaired) electrons. The van der Waals surface area contributed by atoms with Gasteiger partial charge in [0.15, 0.2) is 0 Å². The Bertz CT molecular complexity index is 4080. The summed E-state index contributed by atoms with van der Waals surface area (Å²) in [6, 6.07) is 103. The second-order valence-corrected chi connectivity index (χ2v) is 18.8. The summed E-state index contributed by atoms with van der Waals surface area (Å²) >= 11 is 0. The molecule has 1 aliphatic rings. The van der Waals surface area contributed by atoms with Gasteiger partial charge in [-0.3, -0.25) is 0 Å².